The maximum atomic E-state index is 12.7. The van der Waals surface area contributed by atoms with Gasteiger partial charge in [0.25, 0.3) is 0 Å². The fourth-order valence-corrected chi connectivity index (χ4v) is 4.05. The number of nitrogens with one attached hydrogen (secondary N) is 1. The summed E-state index contributed by atoms with van der Waals surface area (Å²) < 4.78 is 3.72. The number of hydrogen-bond acceptors (Lipinski definition) is 6. The Bertz CT molecular complexity index is 1200. The Morgan fingerprint density at radius 1 is 1.10 bits per heavy atom. The Hall–Kier alpha value is -3.46. The maximum absolute atomic E-state index is 12.7. The highest BCUT2D eigenvalue weighted by Crippen LogP contribution is 2.25. The smallest absolute Gasteiger partial charge is 0.234 e. The van der Waals surface area contributed by atoms with E-state index in [9.17, 15) is 4.79 Å². The maximum Gasteiger partial charge on any atom is 0.234 e. The van der Waals surface area contributed by atoms with Gasteiger partial charge in [-0.05, 0) is 49.6 Å². The molecule has 0 spiro atoms. The van der Waals surface area contributed by atoms with Crippen molar-refractivity contribution < 1.29 is 4.79 Å². The van der Waals surface area contributed by atoms with Crippen LogP contribution in [-0.2, 0) is 11.3 Å². The van der Waals surface area contributed by atoms with Crippen LogP contribution in [0.5, 0.6) is 0 Å². The molecule has 31 heavy (non-hydrogen) atoms. The SMILES string of the molecule is Cc1ccc(C)c(-n2c(C)nnc2SCC(=O)Nc2ccccc2Cn2cncn2)c1. The van der Waals surface area contributed by atoms with E-state index in [1.54, 1.807) is 11.0 Å². The van der Waals surface area contributed by atoms with Gasteiger partial charge in [0.05, 0.1) is 18.0 Å². The summed E-state index contributed by atoms with van der Waals surface area (Å²) in [5.41, 5.74) is 5.04. The van der Waals surface area contributed by atoms with E-state index in [0.29, 0.717) is 11.7 Å². The van der Waals surface area contributed by atoms with E-state index in [1.165, 1.54) is 18.1 Å². The second-order valence-electron chi connectivity index (χ2n) is 7.24. The summed E-state index contributed by atoms with van der Waals surface area (Å²) in [6, 6.07) is 14.0. The van der Waals surface area contributed by atoms with Crippen molar-refractivity contribution in [2.75, 3.05) is 11.1 Å². The van der Waals surface area contributed by atoms with Crippen molar-refractivity contribution >= 4 is 23.4 Å². The Morgan fingerprint density at radius 3 is 2.74 bits per heavy atom. The van der Waals surface area contributed by atoms with E-state index >= 15 is 0 Å². The van der Waals surface area contributed by atoms with Gasteiger partial charge in [0, 0.05) is 5.69 Å². The molecule has 0 bridgehead atoms. The van der Waals surface area contributed by atoms with Crippen LogP contribution in [0.15, 0.2) is 60.3 Å². The molecule has 0 saturated heterocycles. The molecule has 0 unspecified atom stereocenters. The molecule has 0 saturated carbocycles. The number of benzene rings is 2. The number of aromatic nitrogens is 6. The Kier molecular flexibility index (Phi) is 6.13. The summed E-state index contributed by atoms with van der Waals surface area (Å²) in [5.74, 6) is 0.902. The van der Waals surface area contributed by atoms with Crippen molar-refractivity contribution in [3.63, 3.8) is 0 Å². The normalized spacial score (nSPS) is 10.9. The van der Waals surface area contributed by atoms with Crippen molar-refractivity contribution in [1.82, 2.24) is 29.5 Å². The molecule has 1 amide bonds. The van der Waals surface area contributed by atoms with Crippen LogP contribution in [0, 0.1) is 20.8 Å². The molecule has 4 aromatic rings. The minimum absolute atomic E-state index is 0.107. The van der Waals surface area contributed by atoms with Crippen LogP contribution >= 0.6 is 11.8 Å². The first-order valence-electron chi connectivity index (χ1n) is 9.84. The summed E-state index contributed by atoms with van der Waals surface area (Å²) in [6.45, 7) is 6.56. The molecule has 2 heterocycles. The van der Waals surface area contributed by atoms with Gasteiger partial charge in [0.15, 0.2) is 5.16 Å². The Labute approximate surface area is 184 Å². The van der Waals surface area contributed by atoms with E-state index in [1.807, 2.05) is 35.8 Å². The first-order chi connectivity index (χ1) is 15.0. The molecule has 0 atom stereocenters. The Balaban J connectivity index is 1.47. The topological polar surface area (TPSA) is 90.5 Å². The molecule has 0 aliphatic rings. The third-order valence-electron chi connectivity index (χ3n) is 4.82. The average Bonchev–Trinajstić information content (AvgIpc) is 3.39. The van der Waals surface area contributed by atoms with Crippen molar-refractivity contribution in [2.24, 2.45) is 0 Å². The largest absolute Gasteiger partial charge is 0.325 e. The number of carbonyl (C=O) groups is 1. The number of nitrogens with zero attached hydrogens (tertiary/aromatic N) is 6. The second-order valence-corrected chi connectivity index (χ2v) is 8.18. The van der Waals surface area contributed by atoms with Crippen LogP contribution in [-0.4, -0.2) is 41.2 Å². The predicted molar refractivity (Wildman–Crippen MR) is 120 cm³/mol. The molecule has 0 radical (unpaired) electrons. The standard InChI is InChI=1S/C22H23N7OS/c1-15-8-9-16(2)20(10-15)29-17(3)26-27-22(29)31-12-21(30)25-19-7-5-4-6-18(19)11-28-14-23-13-24-28/h4-10,13-14H,11-12H2,1-3H3,(H,25,30). The van der Waals surface area contributed by atoms with Gasteiger partial charge in [-0.15, -0.1) is 10.2 Å². The molecule has 4 rings (SSSR count). The van der Waals surface area contributed by atoms with Crippen LogP contribution in [0.4, 0.5) is 5.69 Å². The lowest BCUT2D eigenvalue weighted by atomic mass is 10.1. The fourth-order valence-electron chi connectivity index (χ4n) is 3.26. The van der Waals surface area contributed by atoms with E-state index in [4.69, 9.17) is 0 Å². The molecular weight excluding hydrogens is 410 g/mol. The number of thioether (sulfide) groups is 1. The minimum atomic E-state index is -0.107. The first-order valence-corrected chi connectivity index (χ1v) is 10.8. The third-order valence-corrected chi connectivity index (χ3v) is 5.75. The van der Waals surface area contributed by atoms with Crippen LogP contribution in [0.2, 0.25) is 0 Å². The summed E-state index contributed by atoms with van der Waals surface area (Å²) >= 11 is 1.37. The molecule has 1 N–H and O–H groups in total. The number of aryl methyl sites for hydroxylation is 3. The van der Waals surface area contributed by atoms with Gasteiger partial charge in [-0.1, -0.05) is 42.1 Å². The Morgan fingerprint density at radius 2 is 1.94 bits per heavy atom. The second kappa shape index (κ2) is 9.13. The minimum Gasteiger partial charge on any atom is -0.325 e. The van der Waals surface area contributed by atoms with Gasteiger partial charge in [-0.25, -0.2) is 9.67 Å². The highest BCUT2D eigenvalue weighted by molar-refractivity contribution is 7.99. The van der Waals surface area contributed by atoms with E-state index in [-0.39, 0.29) is 11.7 Å². The molecule has 8 nitrogen and oxygen atoms in total. The predicted octanol–water partition coefficient (Wildman–Crippen LogP) is 3.56. The number of carbonyl (C=O) groups excluding carboxylic acids is 1. The quantitative estimate of drug-likeness (QED) is 0.448. The number of rotatable bonds is 7. The lowest BCUT2D eigenvalue weighted by Crippen LogP contribution is -2.16. The first kappa shape index (κ1) is 20.8. The molecular formula is C22H23N7OS. The zero-order valence-electron chi connectivity index (χ0n) is 17.6. The number of para-hydroxylation sites is 1. The van der Waals surface area contributed by atoms with Gasteiger partial charge < -0.3 is 5.32 Å². The number of amides is 1. The molecule has 0 aliphatic carbocycles. The van der Waals surface area contributed by atoms with E-state index in [0.717, 1.165) is 33.9 Å². The van der Waals surface area contributed by atoms with Crippen LogP contribution in [0.25, 0.3) is 5.69 Å². The lowest BCUT2D eigenvalue weighted by Gasteiger charge is -2.13. The zero-order valence-corrected chi connectivity index (χ0v) is 18.4. The van der Waals surface area contributed by atoms with Crippen molar-refractivity contribution in [2.45, 2.75) is 32.5 Å². The molecule has 0 fully saturated rings. The average molecular weight is 434 g/mol. The summed E-state index contributed by atoms with van der Waals surface area (Å²) in [5, 5.41) is 16.3. The molecule has 0 aliphatic heterocycles. The van der Waals surface area contributed by atoms with Gasteiger partial charge >= 0.3 is 0 Å². The number of hydrogen-bond donors (Lipinski definition) is 1. The highest BCUT2D eigenvalue weighted by atomic mass is 32.2. The van der Waals surface area contributed by atoms with E-state index < -0.39 is 0 Å². The summed E-state index contributed by atoms with van der Waals surface area (Å²) in [4.78, 5) is 16.7. The van der Waals surface area contributed by atoms with Gasteiger partial charge in [-0.3, -0.25) is 9.36 Å². The van der Waals surface area contributed by atoms with Crippen LogP contribution in [0.1, 0.15) is 22.5 Å². The summed E-state index contributed by atoms with van der Waals surface area (Å²) in [7, 11) is 0. The van der Waals surface area contributed by atoms with E-state index in [2.05, 4.69) is 57.6 Å². The lowest BCUT2D eigenvalue weighted by molar-refractivity contribution is -0.113. The van der Waals surface area contributed by atoms with Gasteiger partial charge in [0.2, 0.25) is 5.91 Å². The fraction of sp³-hybridized carbons (Fsp3) is 0.227. The monoisotopic (exact) mass is 433 g/mol. The van der Waals surface area contributed by atoms with Crippen molar-refractivity contribution in [1.29, 1.82) is 0 Å². The van der Waals surface area contributed by atoms with Crippen molar-refractivity contribution in [3.8, 4) is 5.69 Å². The molecule has 2 aromatic heterocycles. The number of anilines is 1. The zero-order chi connectivity index (χ0) is 21.8. The molecule has 2 aromatic carbocycles. The van der Waals surface area contributed by atoms with Gasteiger partial charge in [0.1, 0.15) is 18.5 Å². The highest BCUT2D eigenvalue weighted by Gasteiger charge is 2.16. The third kappa shape index (κ3) is 4.83. The van der Waals surface area contributed by atoms with Crippen molar-refractivity contribution in [3.05, 3.63) is 77.6 Å². The van der Waals surface area contributed by atoms with Crippen LogP contribution in [0.3, 0.4) is 0 Å². The summed E-state index contributed by atoms with van der Waals surface area (Å²) in [6.07, 6.45) is 3.14. The van der Waals surface area contributed by atoms with Crippen LogP contribution < -0.4 is 5.32 Å². The molecule has 9 heteroatoms. The molecule has 158 valence electrons. The van der Waals surface area contributed by atoms with Gasteiger partial charge in [-0.2, -0.15) is 5.10 Å².